The van der Waals surface area contributed by atoms with Crippen LogP contribution in [0.5, 0.6) is 0 Å². The number of aryl methyl sites for hydroxylation is 1. The Morgan fingerprint density at radius 3 is 2.32 bits per heavy atom. The third-order valence-electron chi connectivity index (χ3n) is 4.58. The van der Waals surface area contributed by atoms with Gasteiger partial charge in [-0.3, -0.25) is 9.59 Å². The highest BCUT2D eigenvalue weighted by Gasteiger charge is 2.17. The molecule has 3 rings (SSSR count). The second kappa shape index (κ2) is 8.52. The van der Waals surface area contributed by atoms with E-state index in [-0.39, 0.29) is 11.8 Å². The molecule has 6 nitrogen and oxygen atoms in total. The van der Waals surface area contributed by atoms with E-state index in [0.29, 0.717) is 24.1 Å². The number of anilines is 1. The number of amides is 2. The Morgan fingerprint density at radius 1 is 1.04 bits per heavy atom. The van der Waals surface area contributed by atoms with Gasteiger partial charge in [-0.05, 0) is 43.2 Å². The monoisotopic (exact) mass is 376 g/mol. The van der Waals surface area contributed by atoms with Crippen LogP contribution in [-0.2, 0) is 17.6 Å². The number of hydrogen-bond acceptors (Lipinski definition) is 3. The predicted octanol–water partition coefficient (Wildman–Crippen LogP) is 3.28. The summed E-state index contributed by atoms with van der Waals surface area (Å²) >= 11 is 0. The molecule has 1 aromatic heterocycles. The largest absolute Gasteiger partial charge is 0.359 e. The summed E-state index contributed by atoms with van der Waals surface area (Å²) in [6.45, 7) is 4.04. The first-order valence-electron chi connectivity index (χ1n) is 9.26. The highest BCUT2D eigenvalue weighted by atomic mass is 16.2. The van der Waals surface area contributed by atoms with Crippen LogP contribution in [0.4, 0.5) is 5.69 Å². The molecule has 0 aliphatic rings. The first kappa shape index (κ1) is 19.4. The van der Waals surface area contributed by atoms with Crippen LogP contribution in [0.25, 0.3) is 5.69 Å². The number of nitrogens with zero attached hydrogens (tertiary/aromatic N) is 2. The molecular formula is C22H24N4O2. The Balaban J connectivity index is 1.77. The number of likely N-dealkylation sites (N-methyl/N-ethyl adjacent to an activating group) is 1. The summed E-state index contributed by atoms with van der Waals surface area (Å²) < 4.78 is 1.81. The number of rotatable bonds is 6. The third-order valence-corrected chi connectivity index (χ3v) is 4.58. The van der Waals surface area contributed by atoms with Crippen LogP contribution in [0.2, 0.25) is 0 Å². The van der Waals surface area contributed by atoms with Crippen LogP contribution in [0.1, 0.15) is 34.1 Å². The number of carbonyl (C=O) groups excluding carboxylic acids is 2. The van der Waals surface area contributed by atoms with Crippen molar-refractivity contribution in [2.45, 2.75) is 26.7 Å². The molecule has 6 heteroatoms. The molecular weight excluding hydrogens is 352 g/mol. The fourth-order valence-electron chi connectivity index (χ4n) is 2.99. The van der Waals surface area contributed by atoms with Crippen LogP contribution in [0.3, 0.4) is 0 Å². The lowest BCUT2D eigenvalue weighted by Gasteiger charge is -2.09. The van der Waals surface area contributed by atoms with Crippen molar-refractivity contribution in [1.82, 2.24) is 15.1 Å². The molecule has 1 heterocycles. The second-order valence-corrected chi connectivity index (χ2v) is 6.61. The van der Waals surface area contributed by atoms with Gasteiger partial charge in [-0.15, -0.1) is 0 Å². The molecule has 0 fully saturated rings. The maximum absolute atomic E-state index is 12.8. The highest BCUT2D eigenvalue weighted by Crippen LogP contribution is 2.18. The Hall–Kier alpha value is -3.41. The fourth-order valence-corrected chi connectivity index (χ4v) is 2.99. The van der Waals surface area contributed by atoms with E-state index in [4.69, 9.17) is 0 Å². The molecule has 28 heavy (non-hydrogen) atoms. The molecule has 0 saturated carbocycles. The molecule has 0 atom stereocenters. The topological polar surface area (TPSA) is 76.0 Å². The first-order chi connectivity index (χ1) is 13.5. The summed E-state index contributed by atoms with van der Waals surface area (Å²) in [5, 5.41) is 9.92. The van der Waals surface area contributed by atoms with Crippen molar-refractivity contribution in [1.29, 1.82) is 0 Å². The summed E-state index contributed by atoms with van der Waals surface area (Å²) in [6.07, 6.45) is 2.60. The Labute approximate surface area is 164 Å². The molecule has 0 radical (unpaired) electrons. The predicted molar refractivity (Wildman–Crippen MR) is 110 cm³/mol. The maximum atomic E-state index is 12.8. The summed E-state index contributed by atoms with van der Waals surface area (Å²) in [5.41, 5.74) is 5.08. The summed E-state index contributed by atoms with van der Waals surface area (Å²) in [6, 6.07) is 15.3. The molecule has 0 aliphatic heterocycles. The zero-order chi connectivity index (χ0) is 20.1. The Morgan fingerprint density at radius 2 is 1.71 bits per heavy atom. The average Bonchev–Trinajstić information content (AvgIpc) is 3.14. The molecule has 2 aromatic carbocycles. The lowest BCUT2D eigenvalue weighted by Crippen LogP contribution is -2.19. The van der Waals surface area contributed by atoms with Crippen molar-refractivity contribution in [3.8, 4) is 5.69 Å². The quantitative estimate of drug-likeness (QED) is 0.693. The minimum absolute atomic E-state index is 0.0482. The van der Waals surface area contributed by atoms with E-state index in [1.807, 2.05) is 50.2 Å². The maximum Gasteiger partial charge on any atom is 0.259 e. The van der Waals surface area contributed by atoms with E-state index in [1.54, 1.807) is 30.1 Å². The summed E-state index contributed by atoms with van der Waals surface area (Å²) in [4.78, 5) is 24.2. The zero-order valence-electron chi connectivity index (χ0n) is 16.3. The van der Waals surface area contributed by atoms with Crippen LogP contribution in [0.15, 0.2) is 54.7 Å². The number of carbonyl (C=O) groups is 2. The van der Waals surface area contributed by atoms with E-state index in [0.717, 1.165) is 16.9 Å². The van der Waals surface area contributed by atoms with Gasteiger partial charge in [0.1, 0.15) is 0 Å². The summed E-state index contributed by atoms with van der Waals surface area (Å²) in [5.74, 6) is -0.248. The Bertz CT molecular complexity index is 973. The van der Waals surface area contributed by atoms with Gasteiger partial charge in [0, 0.05) is 12.7 Å². The van der Waals surface area contributed by atoms with Crippen LogP contribution < -0.4 is 10.6 Å². The molecule has 0 saturated heterocycles. The van der Waals surface area contributed by atoms with E-state index in [9.17, 15) is 9.59 Å². The van der Waals surface area contributed by atoms with Crippen molar-refractivity contribution in [2.24, 2.45) is 0 Å². The first-order valence-corrected chi connectivity index (χ1v) is 9.26. The van der Waals surface area contributed by atoms with Crippen molar-refractivity contribution < 1.29 is 9.59 Å². The van der Waals surface area contributed by atoms with Crippen LogP contribution >= 0.6 is 0 Å². The third kappa shape index (κ3) is 4.28. The van der Waals surface area contributed by atoms with E-state index in [2.05, 4.69) is 15.7 Å². The molecule has 0 bridgehead atoms. The average molecular weight is 376 g/mol. The lowest BCUT2D eigenvalue weighted by atomic mass is 10.1. The van der Waals surface area contributed by atoms with E-state index >= 15 is 0 Å². The molecule has 2 N–H and O–H groups in total. The van der Waals surface area contributed by atoms with Gasteiger partial charge < -0.3 is 10.6 Å². The van der Waals surface area contributed by atoms with Gasteiger partial charge in [-0.25, -0.2) is 4.68 Å². The minimum Gasteiger partial charge on any atom is -0.359 e. The second-order valence-electron chi connectivity index (χ2n) is 6.61. The van der Waals surface area contributed by atoms with Crippen molar-refractivity contribution in [3.05, 3.63) is 77.1 Å². The normalized spacial score (nSPS) is 10.5. The highest BCUT2D eigenvalue weighted by molar-refractivity contribution is 6.05. The van der Waals surface area contributed by atoms with Gasteiger partial charge in [0.2, 0.25) is 5.91 Å². The fraction of sp³-hybridized carbons (Fsp3) is 0.227. The SMILES string of the molecule is CCc1c(C(=O)Nc2ccc(CC(=O)NC)cc2)cnn1-c1ccc(C)cc1. The van der Waals surface area contributed by atoms with Gasteiger partial charge in [0.25, 0.3) is 5.91 Å². The molecule has 0 unspecified atom stereocenters. The van der Waals surface area contributed by atoms with Crippen molar-refractivity contribution in [2.75, 3.05) is 12.4 Å². The van der Waals surface area contributed by atoms with Crippen LogP contribution in [-0.4, -0.2) is 28.6 Å². The molecule has 2 amide bonds. The molecule has 3 aromatic rings. The molecule has 144 valence electrons. The van der Waals surface area contributed by atoms with Gasteiger partial charge >= 0.3 is 0 Å². The van der Waals surface area contributed by atoms with Gasteiger partial charge in [-0.1, -0.05) is 36.8 Å². The standard InChI is InChI=1S/C22H24N4O2/c1-4-20-19(14-24-26(20)18-11-5-15(2)6-12-18)22(28)25-17-9-7-16(8-10-17)13-21(27)23-3/h5-12,14H,4,13H2,1-3H3,(H,23,27)(H,25,28). The van der Waals surface area contributed by atoms with Crippen LogP contribution in [0, 0.1) is 6.92 Å². The van der Waals surface area contributed by atoms with E-state index in [1.165, 1.54) is 5.56 Å². The Kier molecular flexibility index (Phi) is 5.89. The van der Waals surface area contributed by atoms with Crippen molar-refractivity contribution >= 4 is 17.5 Å². The van der Waals surface area contributed by atoms with Gasteiger partial charge in [0.15, 0.2) is 0 Å². The van der Waals surface area contributed by atoms with Gasteiger partial charge in [-0.2, -0.15) is 5.10 Å². The molecule has 0 spiro atoms. The lowest BCUT2D eigenvalue weighted by molar-refractivity contribution is -0.119. The number of nitrogens with one attached hydrogen (secondary N) is 2. The number of aromatic nitrogens is 2. The zero-order valence-corrected chi connectivity index (χ0v) is 16.3. The van der Waals surface area contributed by atoms with Crippen molar-refractivity contribution in [3.63, 3.8) is 0 Å². The summed E-state index contributed by atoms with van der Waals surface area (Å²) in [7, 11) is 1.61. The number of hydrogen-bond donors (Lipinski definition) is 2. The van der Waals surface area contributed by atoms with Gasteiger partial charge in [0.05, 0.1) is 29.6 Å². The number of benzene rings is 2. The molecule has 0 aliphatic carbocycles. The minimum atomic E-state index is -0.200. The van der Waals surface area contributed by atoms with E-state index < -0.39 is 0 Å². The smallest absolute Gasteiger partial charge is 0.259 e.